The van der Waals surface area contributed by atoms with Crippen molar-refractivity contribution in [2.24, 2.45) is 17.2 Å². The van der Waals surface area contributed by atoms with Crippen LogP contribution in [0.3, 0.4) is 0 Å². The number of hydrogen-bond acceptors (Lipinski definition) is 12. The van der Waals surface area contributed by atoms with Gasteiger partial charge in [0.05, 0.1) is 34.0 Å². The van der Waals surface area contributed by atoms with E-state index in [1.165, 1.54) is 0 Å². The predicted octanol–water partition coefficient (Wildman–Crippen LogP) is 6.22. The third-order valence-electron chi connectivity index (χ3n) is 9.62. The van der Waals surface area contributed by atoms with Gasteiger partial charge in [-0.05, 0) is 103 Å². The van der Waals surface area contributed by atoms with Gasteiger partial charge < -0.3 is 22.5 Å². The second kappa shape index (κ2) is 19.5. The van der Waals surface area contributed by atoms with Crippen LogP contribution in [0.5, 0.6) is 0 Å². The van der Waals surface area contributed by atoms with Crippen LogP contribution < -0.4 is 22.5 Å². The minimum Gasteiger partial charge on any atom is -0.354 e. The lowest BCUT2D eigenvalue weighted by Gasteiger charge is -2.13. The van der Waals surface area contributed by atoms with E-state index in [4.69, 9.17) is 33.8 Å². The highest BCUT2D eigenvalue weighted by molar-refractivity contribution is 9.10. The number of benzene rings is 2. The van der Waals surface area contributed by atoms with Crippen molar-refractivity contribution in [2.45, 2.75) is 77.3 Å². The molecule has 0 fully saturated rings. The zero-order valence-electron chi connectivity index (χ0n) is 32.0. The molecule has 6 aromatic rings. The number of nitrogens with one attached hydrogen (secondary N) is 1. The normalized spacial score (nSPS) is 15.6. The smallest absolute Gasteiger partial charge is 0.225 e. The molecule has 2 unspecified atom stereocenters. The topological polar surface area (TPSA) is 211 Å². The Hall–Kier alpha value is -4.19. The van der Waals surface area contributed by atoms with Crippen LogP contribution in [-0.2, 0) is 35.5 Å². The number of carbonyl (C=O) groups is 2. The number of rotatable bonds is 12. The van der Waals surface area contributed by atoms with Gasteiger partial charge in [0.25, 0.3) is 0 Å². The van der Waals surface area contributed by atoms with Crippen LogP contribution in [0.1, 0.15) is 85.0 Å². The summed E-state index contributed by atoms with van der Waals surface area (Å²) in [5.41, 5.74) is 22.3. The van der Waals surface area contributed by atoms with Gasteiger partial charge >= 0.3 is 0 Å². The van der Waals surface area contributed by atoms with Gasteiger partial charge in [0.2, 0.25) is 11.2 Å². The fraction of sp³-hybridized carbons (Fsp3) is 0.400. The number of fused-ring (bicyclic) bond motifs is 4. The summed E-state index contributed by atoms with van der Waals surface area (Å²) in [5, 5.41) is 14.0. The van der Waals surface area contributed by atoms with Crippen molar-refractivity contribution in [1.29, 1.82) is 0 Å². The first-order valence-corrected chi connectivity index (χ1v) is 21.2. The van der Waals surface area contributed by atoms with Crippen LogP contribution in [-0.4, -0.2) is 77.2 Å². The van der Waals surface area contributed by atoms with Crippen LogP contribution >= 0.6 is 43.5 Å². The fourth-order valence-corrected chi connectivity index (χ4v) is 7.99. The Morgan fingerprint density at radius 2 is 1.21 bits per heavy atom. The Balaban J connectivity index is 0.000000174. The number of nitrogens with two attached hydrogens (primary N) is 3. The molecule has 4 aromatic heterocycles. The molecule has 57 heavy (non-hydrogen) atoms. The van der Waals surface area contributed by atoms with Gasteiger partial charge in [-0.1, -0.05) is 57.8 Å². The molecule has 0 aliphatic heterocycles. The Morgan fingerprint density at radius 3 is 1.68 bits per heavy atom. The van der Waals surface area contributed by atoms with Crippen molar-refractivity contribution < 1.29 is 9.59 Å². The van der Waals surface area contributed by atoms with E-state index in [2.05, 4.69) is 76.2 Å². The average molecular weight is 923 g/mol. The molecule has 14 nitrogen and oxygen atoms in total. The number of nitrogens with zero attached hydrogens (tertiary/aromatic N) is 8. The van der Waals surface area contributed by atoms with Crippen LogP contribution in [0.25, 0.3) is 22.1 Å². The van der Waals surface area contributed by atoms with E-state index in [9.17, 15) is 9.59 Å². The first kappa shape index (κ1) is 42.4. The van der Waals surface area contributed by atoms with E-state index in [1.807, 2.05) is 58.2 Å². The molecule has 2 aromatic carbocycles. The third-order valence-corrected chi connectivity index (χ3v) is 10.8. The number of aryl methyl sites for hydroxylation is 2. The largest absolute Gasteiger partial charge is 0.354 e. The van der Waals surface area contributed by atoms with Crippen LogP contribution in [0.4, 0.5) is 5.95 Å². The molecule has 300 valence electrons. The van der Waals surface area contributed by atoms with Crippen LogP contribution in [0, 0.1) is 0 Å². The molecular formula is C40H47Br2ClN12O2. The second-order valence-electron chi connectivity index (χ2n) is 13.9. The summed E-state index contributed by atoms with van der Waals surface area (Å²) in [6.07, 6.45) is 8.41. The Kier molecular flexibility index (Phi) is 14.5. The quantitative estimate of drug-likeness (QED) is 0.0797. The summed E-state index contributed by atoms with van der Waals surface area (Å²) < 4.78 is 5.62. The minimum absolute atomic E-state index is 0.121. The zero-order chi connectivity index (χ0) is 40.6. The fourth-order valence-electron chi connectivity index (χ4n) is 7.06. The zero-order valence-corrected chi connectivity index (χ0v) is 35.9. The number of carbonyl (C=O) groups excluding carboxylic acids is 2. The lowest BCUT2D eigenvalue weighted by molar-refractivity contribution is -0.119. The van der Waals surface area contributed by atoms with Crippen LogP contribution in [0.2, 0.25) is 5.28 Å². The van der Waals surface area contributed by atoms with E-state index >= 15 is 0 Å². The summed E-state index contributed by atoms with van der Waals surface area (Å²) in [6.45, 7) is 8.48. The Labute approximate surface area is 353 Å². The molecular weight excluding hydrogens is 876 g/mol. The number of anilines is 1. The molecule has 0 bridgehead atoms. The monoisotopic (exact) mass is 920 g/mol. The summed E-state index contributed by atoms with van der Waals surface area (Å²) in [6, 6.07) is 11.9. The molecule has 0 amide bonds. The molecule has 0 radical (unpaired) electrons. The second-order valence-corrected chi connectivity index (χ2v) is 16.1. The van der Waals surface area contributed by atoms with E-state index < -0.39 is 11.8 Å². The van der Waals surface area contributed by atoms with Crippen molar-refractivity contribution in [3.8, 4) is 0 Å². The van der Waals surface area contributed by atoms with Gasteiger partial charge in [0, 0.05) is 53.8 Å². The summed E-state index contributed by atoms with van der Waals surface area (Å²) in [5.74, 6) is -0.0345. The van der Waals surface area contributed by atoms with Crippen molar-refractivity contribution in [2.75, 3.05) is 31.5 Å². The van der Waals surface area contributed by atoms with Gasteiger partial charge in [0.15, 0.2) is 22.9 Å². The standard InChI is InChI=1S/C20H23BrN6O.C17H14BrClN4O.C3H10N2/c1-2-8-27-11-15-18(24-20(23-7-3-6-22)25-19(15)26-27)17-14-10-13(21)5-4-12(14)9-16(17)28;1-2-5-23-8-12-15(20-17(19)21-16(12)22-23)14-11-7-10(18)4-3-9(11)6-13(14)24;4-2-1-3-5/h4-5,10-11,17H,2-3,6-9,22H2,1H3,(H,23,25,26);3-4,7-8,14H,2,5-6H2,1H3;1-5H2. The summed E-state index contributed by atoms with van der Waals surface area (Å²) in [7, 11) is 0. The molecule has 2 atom stereocenters. The molecule has 4 heterocycles. The maximum Gasteiger partial charge on any atom is 0.225 e. The lowest BCUT2D eigenvalue weighted by atomic mass is 9.95. The maximum absolute atomic E-state index is 13.0. The minimum atomic E-state index is -0.417. The number of aromatic nitrogens is 8. The number of ketones is 2. The summed E-state index contributed by atoms with van der Waals surface area (Å²) >= 11 is 13.1. The number of Topliss-reactive ketones (excluding diaryl/α,β-unsaturated/α-hetero) is 2. The highest BCUT2D eigenvalue weighted by Crippen LogP contribution is 2.40. The molecule has 2 aliphatic carbocycles. The first-order valence-electron chi connectivity index (χ1n) is 19.2. The van der Waals surface area contributed by atoms with E-state index in [0.717, 1.165) is 99.5 Å². The van der Waals surface area contributed by atoms with Crippen molar-refractivity contribution in [3.05, 3.63) is 96.7 Å². The van der Waals surface area contributed by atoms with Crippen molar-refractivity contribution in [1.82, 2.24) is 39.5 Å². The van der Waals surface area contributed by atoms with E-state index in [0.29, 0.717) is 48.9 Å². The molecule has 17 heteroatoms. The molecule has 2 aliphatic rings. The van der Waals surface area contributed by atoms with Gasteiger partial charge in [-0.3, -0.25) is 19.0 Å². The molecule has 0 spiro atoms. The highest BCUT2D eigenvalue weighted by atomic mass is 79.9. The van der Waals surface area contributed by atoms with Gasteiger partial charge in [-0.15, -0.1) is 0 Å². The molecule has 0 saturated heterocycles. The van der Waals surface area contributed by atoms with Gasteiger partial charge in [-0.25, -0.2) is 9.97 Å². The van der Waals surface area contributed by atoms with E-state index in [-0.39, 0.29) is 16.9 Å². The van der Waals surface area contributed by atoms with Gasteiger partial charge in [-0.2, -0.15) is 20.2 Å². The molecule has 8 rings (SSSR count). The third kappa shape index (κ3) is 9.75. The average Bonchev–Trinajstić information content (AvgIpc) is 3.94. The SMILES string of the molecule is CCCn1cc2c(C3C(=O)Cc4ccc(Br)cc43)nc(Cl)nc2n1.CCCn1cc2c(C3C(=O)Cc4ccc(Br)cc43)nc(NCCCN)nc2n1.NCCCN. The molecule has 0 saturated carbocycles. The molecule has 7 N–H and O–H groups in total. The van der Waals surface area contributed by atoms with Crippen molar-refractivity contribution in [3.63, 3.8) is 0 Å². The Bertz CT molecular complexity index is 2380. The number of hydrogen-bond donors (Lipinski definition) is 4. The highest BCUT2D eigenvalue weighted by Gasteiger charge is 2.36. The Morgan fingerprint density at radius 1 is 0.719 bits per heavy atom. The van der Waals surface area contributed by atoms with Crippen molar-refractivity contribution >= 4 is 83.0 Å². The van der Waals surface area contributed by atoms with Gasteiger partial charge in [0.1, 0.15) is 0 Å². The lowest BCUT2D eigenvalue weighted by Crippen LogP contribution is -2.14. The summed E-state index contributed by atoms with van der Waals surface area (Å²) in [4.78, 5) is 43.6. The van der Waals surface area contributed by atoms with Crippen LogP contribution in [0.15, 0.2) is 57.7 Å². The maximum atomic E-state index is 13.0. The first-order chi connectivity index (χ1) is 27.6. The predicted molar refractivity (Wildman–Crippen MR) is 231 cm³/mol. The van der Waals surface area contributed by atoms with E-state index in [1.54, 1.807) is 0 Å². The number of halogens is 3.